The van der Waals surface area contributed by atoms with Gasteiger partial charge in [0.25, 0.3) is 0 Å². The Morgan fingerprint density at radius 1 is 0.789 bits per heavy atom. The molecular formula is C15H34ClNO2. The van der Waals surface area contributed by atoms with E-state index >= 15 is 0 Å². The summed E-state index contributed by atoms with van der Waals surface area (Å²) in [7, 11) is 0. The van der Waals surface area contributed by atoms with Crippen molar-refractivity contribution in [2.45, 2.75) is 83.8 Å². The van der Waals surface area contributed by atoms with Crippen molar-refractivity contribution in [2.75, 3.05) is 6.54 Å². The molecule has 0 aliphatic rings. The largest absolute Gasteiger partial charge is 0.368 e. The first-order chi connectivity index (χ1) is 8.72. The topological polar surface area (TPSA) is 66.5 Å². The lowest BCUT2D eigenvalue weighted by Gasteiger charge is -2.16. The molecule has 0 rings (SSSR count). The summed E-state index contributed by atoms with van der Waals surface area (Å²) in [6.45, 7) is 2.62. The molecule has 0 aromatic carbocycles. The van der Waals surface area contributed by atoms with Gasteiger partial charge in [-0.15, -0.1) is 12.4 Å². The van der Waals surface area contributed by atoms with E-state index in [1.165, 1.54) is 57.8 Å². The molecule has 118 valence electrons. The van der Waals surface area contributed by atoms with Crippen LogP contribution in [0.5, 0.6) is 0 Å². The lowest BCUT2D eigenvalue weighted by atomic mass is 9.99. The van der Waals surface area contributed by atoms with Gasteiger partial charge in [-0.2, -0.15) is 0 Å². The number of unbranched alkanes of at least 4 members (excludes halogenated alkanes) is 9. The van der Waals surface area contributed by atoms with Crippen LogP contribution in [0.2, 0.25) is 0 Å². The van der Waals surface area contributed by atoms with Crippen LogP contribution in [0.1, 0.15) is 77.6 Å². The summed E-state index contributed by atoms with van der Waals surface area (Å²) in [5.74, 6) is -0.140. The summed E-state index contributed by atoms with van der Waals surface area (Å²) in [6, 6.07) is 0. The number of nitrogens with two attached hydrogens (primary N) is 1. The third kappa shape index (κ3) is 14.4. The Balaban J connectivity index is 0. The number of halogens is 1. The highest BCUT2D eigenvalue weighted by atomic mass is 35.5. The second-order valence-corrected chi connectivity index (χ2v) is 5.38. The number of aliphatic hydroxyl groups is 2. The van der Waals surface area contributed by atoms with Crippen molar-refractivity contribution in [1.29, 1.82) is 0 Å². The quantitative estimate of drug-likeness (QED) is 0.359. The predicted molar refractivity (Wildman–Crippen MR) is 84.5 cm³/mol. The Morgan fingerprint density at radius 3 is 1.58 bits per heavy atom. The molecule has 0 fully saturated rings. The monoisotopic (exact) mass is 295 g/mol. The van der Waals surface area contributed by atoms with E-state index in [2.05, 4.69) is 6.92 Å². The maximum absolute atomic E-state index is 9.03. The fraction of sp³-hybridized carbons (Fsp3) is 1.00. The minimum absolute atomic E-state index is 0. The Hall–Kier alpha value is 0.170. The molecule has 0 aliphatic heterocycles. The van der Waals surface area contributed by atoms with Gasteiger partial charge in [-0.05, 0) is 13.0 Å². The fourth-order valence-electron chi connectivity index (χ4n) is 2.28. The molecular weight excluding hydrogens is 262 g/mol. The van der Waals surface area contributed by atoms with Gasteiger partial charge in [0.1, 0.15) is 0 Å². The minimum Gasteiger partial charge on any atom is -0.368 e. The van der Waals surface area contributed by atoms with Crippen molar-refractivity contribution >= 4 is 12.4 Å². The maximum atomic E-state index is 9.03. The van der Waals surface area contributed by atoms with E-state index < -0.39 is 6.29 Å². The van der Waals surface area contributed by atoms with Crippen LogP contribution in [0.4, 0.5) is 0 Å². The standard InChI is InChI=1S/C15H33NO2.ClH/c1-2-3-4-5-6-7-8-9-10-11-12-14(13-16)15(17)18;/h14-15,17-18H,2-13,16H2,1H3;1H. The third-order valence-electron chi connectivity index (χ3n) is 3.65. The van der Waals surface area contributed by atoms with Crippen LogP contribution in [0.3, 0.4) is 0 Å². The van der Waals surface area contributed by atoms with E-state index in [-0.39, 0.29) is 18.3 Å². The van der Waals surface area contributed by atoms with Gasteiger partial charge < -0.3 is 15.9 Å². The highest BCUT2D eigenvalue weighted by molar-refractivity contribution is 5.85. The zero-order valence-electron chi connectivity index (χ0n) is 12.5. The van der Waals surface area contributed by atoms with Gasteiger partial charge in [-0.25, -0.2) is 0 Å². The fourth-order valence-corrected chi connectivity index (χ4v) is 2.28. The van der Waals surface area contributed by atoms with Crippen LogP contribution in [-0.2, 0) is 0 Å². The van der Waals surface area contributed by atoms with Crippen LogP contribution in [0, 0.1) is 5.92 Å². The number of hydrogen-bond donors (Lipinski definition) is 3. The molecule has 0 saturated heterocycles. The predicted octanol–water partition coefficient (Wildman–Crippen LogP) is 3.60. The zero-order chi connectivity index (χ0) is 13.6. The molecule has 1 unspecified atom stereocenters. The highest BCUT2D eigenvalue weighted by Gasteiger charge is 2.13. The van der Waals surface area contributed by atoms with Crippen molar-refractivity contribution in [2.24, 2.45) is 11.7 Å². The molecule has 0 amide bonds. The molecule has 4 heteroatoms. The molecule has 3 nitrogen and oxygen atoms in total. The molecule has 0 aromatic rings. The molecule has 0 aromatic heterocycles. The summed E-state index contributed by atoms with van der Waals surface area (Å²) in [6.07, 6.45) is 12.7. The van der Waals surface area contributed by atoms with E-state index in [0.29, 0.717) is 6.54 Å². The van der Waals surface area contributed by atoms with Crippen LogP contribution in [0.15, 0.2) is 0 Å². The smallest absolute Gasteiger partial charge is 0.155 e. The molecule has 0 spiro atoms. The molecule has 0 bridgehead atoms. The summed E-state index contributed by atoms with van der Waals surface area (Å²) in [4.78, 5) is 0. The SMILES string of the molecule is CCCCCCCCCCCCC(CN)C(O)O.Cl. The van der Waals surface area contributed by atoms with Gasteiger partial charge in [-0.3, -0.25) is 0 Å². The second kappa shape index (κ2) is 16.2. The first kappa shape index (κ1) is 21.5. The van der Waals surface area contributed by atoms with E-state index in [4.69, 9.17) is 15.9 Å². The normalized spacial score (nSPS) is 12.5. The molecule has 4 N–H and O–H groups in total. The summed E-state index contributed by atoms with van der Waals surface area (Å²) >= 11 is 0. The van der Waals surface area contributed by atoms with Gasteiger partial charge in [0, 0.05) is 5.92 Å². The third-order valence-corrected chi connectivity index (χ3v) is 3.65. The zero-order valence-corrected chi connectivity index (χ0v) is 13.3. The Bertz CT molecular complexity index is 168. The number of aliphatic hydroxyl groups excluding tert-OH is 1. The lowest BCUT2D eigenvalue weighted by Crippen LogP contribution is -2.27. The second-order valence-electron chi connectivity index (χ2n) is 5.38. The van der Waals surface area contributed by atoms with E-state index in [0.717, 1.165) is 12.8 Å². The van der Waals surface area contributed by atoms with Gasteiger partial charge in [0.05, 0.1) is 0 Å². The van der Waals surface area contributed by atoms with Gasteiger partial charge in [-0.1, -0.05) is 71.1 Å². The van der Waals surface area contributed by atoms with Gasteiger partial charge in [0.2, 0.25) is 0 Å². The van der Waals surface area contributed by atoms with E-state index in [1.807, 2.05) is 0 Å². The van der Waals surface area contributed by atoms with Crippen LogP contribution in [0.25, 0.3) is 0 Å². The lowest BCUT2D eigenvalue weighted by molar-refractivity contribution is -0.0833. The van der Waals surface area contributed by atoms with Gasteiger partial charge >= 0.3 is 0 Å². The molecule has 0 aliphatic carbocycles. The average molecular weight is 296 g/mol. The van der Waals surface area contributed by atoms with E-state index in [9.17, 15) is 0 Å². The summed E-state index contributed by atoms with van der Waals surface area (Å²) in [5, 5.41) is 18.1. The molecule has 1 atom stereocenters. The average Bonchev–Trinajstić information content (AvgIpc) is 2.35. The number of rotatable bonds is 13. The van der Waals surface area contributed by atoms with Crippen molar-refractivity contribution < 1.29 is 10.2 Å². The van der Waals surface area contributed by atoms with Crippen molar-refractivity contribution in [3.05, 3.63) is 0 Å². The molecule has 0 heterocycles. The first-order valence-corrected chi connectivity index (χ1v) is 7.78. The minimum atomic E-state index is -1.24. The Morgan fingerprint density at radius 2 is 1.21 bits per heavy atom. The summed E-state index contributed by atoms with van der Waals surface area (Å²) in [5.41, 5.74) is 5.47. The molecule has 0 saturated carbocycles. The van der Waals surface area contributed by atoms with Crippen LogP contribution < -0.4 is 5.73 Å². The molecule has 19 heavy (non-hydrogen) atoms. The Labute approximate surface area is 125 Å². The van der Waals surface area contributed by atoms with Crippen LogP contribution >= 0.6 is 12.4 Å². The highest BCUT2D eigenvalue weighted by Crippen LogP contribution is 2.14. The summed E-state index contributed by atoms with van der Waals surface area (Å²) < 4.78 is 0. The van der Waals surface area contributed by atoms with Crippen LogP contribution in [-0.4, -0.2) is 23.0 Å². The Kier molecular flexibility index (Phi) is 18.3. The van der Waals surface area contributed by atoms with Crippen molar-refractivity contribution in [1.82, 2.24) is 0 Å². The maximum Gasteiger partial charge on any atom is 0.155 e. The number of hydrogen-bond acceptors (Lipinski definition) is 3. The van der Waals surface area contributed by atoms with Crippen molar-refractivity contribution in [3.63, 3.8) is 0 Å². The molecule has 0 radical (unpaired) electrons. The van der Waals surface area contributed by atoms with Gasteiger partial charge in [0.15, 0.2) is 6.29 Å². The van der Waals surface area contributed by atoms with Crippen molar-refractivity contribution in [3.8, 4) is 0 Å². The van der Waals surface area contributed by atoms with E-state index in [1.54, 1.807) is 0 Å². The first-order valence-electron chi connectivity index (χ1n) is 7.78.